The highest BCUT2D eigenvalue weighted by molar-refractivity contribution is 5.84. The second kappa shape index (κ2) is 5.75. The van der Waals surface area contributed by atoms with Crippen molar-refractivity contribution in [3.05, 3.63) is 35.3 Å². The Labute approximate surface area is 123 Å². The van der Waals surface area contributed by atoms with Crippen molar-refractivity contribution >= 4 is 10.9 Å². The molecule has 1 aromatic carbocycles. The molecule has 2 atom stereocenters. The van der Waals surface area contributed by atoms with Crippen LogP contribution in [-0.2, 0) is 11.3 Å². The number of rotatable bonds is 4. The van der Waals surface area contributed by atoms with Crippen molar-refractivity contribution < 1.29 is 14.2 Å². The van der Waals surface area contributed by atoms with Crippen LogP contribution in [0.2, 0.25) is 0 Å². The first-order chi connectivity index (χ1) is 10.1. The summed E-state index contributed by atoms with van der Waals surface area (Å²) in [5.41, 5.74) is 3.09. The van der Waals surface area contributed by atoms with Crippen molar-refractivity contribution in [2.24, 2.45) is 0 Å². The number of hydrogen-bond donors (Lipinski definition) is 2. The maximum absolute atomic E-state index is 13.3. The van der Waals surface area contributed by atoms with Gasteiger partial charge < -0.3 is 14.8 Å². The summed E-state index contributed by atoms with van der Waals surface area (Å²) in [6.07, 6.45) is -0.552. The number of aryl methyl sites for hydroxylation is 1. The van der Waals surface area contributed by atoms with E-state index >= 15 is 0 Å². The molecule has 0 radical (unpaired) electrons. The Bertz CT molecular complexity index is 640. The normalized spacial score (nSPS) is 23.2. The fourth-order valence-corrected chi connectivity index (χ4v) is 3.08. The average molecular weight is 292 g/mol. The Morgan fingerprint density at radius 2 is 2.24 bits per heavy atom. The van der Waals surface area contributed by atoms with Gasteiger partial charge in [0.2, 0.25) is 0 Å². The Morgan fingerprint density at radius 3 is 3.00 bits per heavy atom. The van der Waals surface area contributed by atoms with Gasteiger partial charge in [-0.15, -0.1) is 0 Å². The predicted octanol–water partition coefficient (Wildman–Crippen LogP) is 2.20. The van der Waals surface area contributed by atoms with Crippen LogP contribution in [0.3, 0.4) is 0 Å². The molecule has 0 aliphatic carbocycles. The highest BCUT2D eigenvalue weighted by Gasteiger charge is 2.32. The summed E-state index contributed by atoms with van der Waals surface area (Å²) in [6, 6.07) is 4.79. The molecule has 0 spiro atoms. The highest BCUT2D eigenvalue weighted by atomic mass is 19.1. The quantitative estimate of drug-likeness (QED) is 0.908. The van der Waals surface area contributed by atoms with E-state index in [1.807, 2.05) is 13.8 Å². The number of fused-ring (bicyclic) bond motifs is 1. The van der Waals surface area contributed by atoms with Crippen LogP contribution >= 0.6 is 0 Å². The number of aromatic amines is 1. The fourth-order valence-electron chi connectivity index (χ4n) is 3.08. The van der Waals surface area contributed by atoms with Crippen molar-refractivity contribution in [3.8, 4) is 0 Å². The molecule has 1 aliphatic rings. The smallest absolute Gasteiger partial charge is 0.123 e. The van der Waals surface area contributed by atoms with Crippen molar-refractivity contribution in [2.75, 3.05) is 19.7 Å². The third-order valence-corrected chi connectivity index (χ3v) is 4.20. The van der Waals surface area contributed by atoms with E-state index in [4.69, 9.17) is 4.74 Å². The van der Waals surface area contributed by atoms with Crippen LogP contribution in [0, 0.1) is 12.7 Å². The second-order valence-corrected chi connectivity index (χ2v) is 5.67. The summed E-state index contributed by atoms with van der Waals surface area (Å²) in [5, 5.41) is 10.9. The fraction of sp³-hybridized carbons (Fsp3) is 0.500. The number of ether oxygens (including phenoxy) is 1. The first-order valence-corrected chi connectivity index (χ1v) is 7.37. The number of nitrogens with zero attached hydrogens (tertiary/aromatic N) is 1. The van der Waals surface area contributed by atoms with Gasteiger partial charge in [-0.2, -0.15) is 0 Å². The molecule has 0 unspecified atom stereocenters. The van der Waals surface area contributed by atoms with E-state index in [1.54, 1.807) is 12.1 Å². The van der Waals surface area contributed by atoms with Crippen LogP contribution in [0.4, 0.5) is 4.39 Å². The number of nitrogens with one attached hydrogen (secondary N) is 1. The molecule has 2 N–H and O–H groups in total. The minimum atomic E-state index is -0.438. The Kier molecular flexibility index (Phi) is 3.97. The Hall–Kier alpha value is -1.43. The SMILES string of the molecule is CCO[C@H]1CN(Cc2[nH]c3ccc(F)cc3c2C)C[C@@H]1O. The van der Waals surface area contributed by atoms with E-state index in [0.29, 0.717) is 19.7 Å². The minimum Gasteiger partial charge on any atom is -0.389 e. The lowest BCUT2D eigenvalue weighted by molar-refractivity contribution is -0.00245. The Balaban J connectivity index is 1.78. The molecule has 1 aromatic heterocycles. The number of benzene rings is 1. The van der Waals surface area contributed by atoms with Crippen LogP contribution in [0.1, 0.15) is 18.2 Å². The van der Waals surface area contributed by atoms with E-state index in [9.17, 15) is 9.50 Å². The first-order valence-electron chi connectivity index (χ1n) is 7.37. The van der Waals surface area contributed by atoms with Crippen molar-refractivity contribution in [1.29, 1.82) is 0 Å². The van der Waals surface area contributed by atoms with Gasteiger partial charge in [0, 0.05) is 42.8 Å². The maximum atomic E-state index is 13.3. The molecule has 2 heterocycles. The van der Waals surface area contributed by atoms with Crippen LogP contribution in [0.5, 0.6) is 0 Å². The molecule has 2 aromatic rings. The summed E-state index contributed by atoms with van der Waals surface area (Å²) in [4.78, 5) is 5.51. The predicted molar refractivity (Wildman–Crippen MR) is 79.7 cm³/mol. The molecule has 4 nitrogen and oxygen atoms in total. The number of β-amino-alcohol motifs (C(OH)–C–C–N with tert-alkyl or cyclic N) is 1. The first kappa shape index (κ1) is 14.5. The highest BCUT2D eigenvalue weighted by Crippen LogP contribution is 2.25. The number of halogens is 1. The zero-order valence-corrected chi connectivity index (χ0v) is 12.4. The van der Waals surface area contributed by atoms with Gasteiger partial charge in [-0.3, -0.25) is 4.90 Å². The number of aliphatic hydroxyl groups excluding tert-OH is 1. The van der Waals surface area contributed by atoms with Crippen molar-refractivity contribution in [1.82, 2.24) is 9.88 Å². The lowest BCUT2D eigenvalue weighted by Crippen LogP contribution is -2.26. The zero-order valence-electron chi connectivity index (χ0n) is 12.4. The van der Waals surface area contributed by atoms with Gasteiger partial charge in [0.05, 0.1) is 12.2 Å². The minimum absolute atomic E-state index is 0.114. The zero-order chi connectivity index (χ0) is 15.0. The standard InChI is InChI=1S/C16H21FN2O2/c1-3-21-16-9-19(8-15(16)20)7-14-10(2)12-6-11(17)4-5-13(12)18-14/h4-6,15-16,18,20H,3,7-9H2,1-2H3/t15-,16-/m0/s1. The van der Waals surface area contributed by atoms with E-state index in [0.717, 1.165) is 28.7 Å². The summed E-state index contributed by atoms with van der Waals surface area (Å²) in [7, 11) is 0. The number of H-pyrrole nitrogens is 1. The summed E-state index contributed by atoms with van der Waals surface area (Å²) >= 11 is 0. The molecule has 114 valence electrons. The lowest BCUT2D eigenvalue weighted by Gasteiger charge is -2.15. The number of aliphatic hydroxyl groups is 1. The van der Waals surface area contributed by atoms with Crippen LogP contribution < -0.4 is 0 Å². The molecule has 21 heavy (non-hydrogen) atoms. The van der Waals surface area contributed by atoms with Crippen LogP contribution in [0.25, 0.3) is 10.9 Å². The molecule has 0 amide bonds. The summed E-state index contributed by atoms with van der Waals surface area (Å²) < 4.78 is 18.9. The van der Waals surface area contributed by atoms with E-state index in [-0.39, 0.29) is 11.9 Å². The third kappa shape index (κ3) is 2.81. The van der Waals surface area contributed by atoms with E-state index in [1.165, 1.54) is 6.07 Å². The second-order valence-electron chi connectivity index (χ2n) is 5.67. The number of aromatic nitrogens is 1. The van der Waals surface area contributed by atoms with Crippen molar-refractivity contribution in [2.45, 2.75) is 32.6 Å². The molecular weight excluding hydrogens is 271 g/mol. The van der Waals surface area contributed by atoms with Crippen LogP contribution in [-0.4, -0.2) is 46.9 Å². The van der Waals surface area contributed by atoms with E-state index < -0.39 is 6.10 Å². The Morgan fingerprint density at radius 1 is 1.43 bits per heavy atom. The van der Waals surface area contributed by atoms with Gasteiger partial charge >= 0.3 is 0 Å². The van der Waals surface area contributed by atoms with Gasteiger partial charge in [0.15, 0.2) is 0 Å². The molecule has 3 rings (SSSR count). The van der Waals surface area contributed by atoms with Crippen LogP contribution in [0.15, 0.2) is 18.2 Å². The molecule has 1 saturated heterocycles. The third-order valence-electron chi connectivity index (χ3n) is 4.20. The molecule has 1 aliphatic heterocycles. The van der Waals surface area contributed by atoms with E-state index in [2.05, 4.69) is 9.88 Å². The maximum Gasteiger partial charge on any atom is 0.123 e. The monoisotopic (exact) mass is 292 g/mol. The van der Waals surface area contributed by atoms with Gasteiger partial charge in [-0.1, -0.05) is 0 Å². The topological polar surface area (TPSA) is 48.5 Å². The number of likely N-dealkylation sites (tertiary alicyclic amines) is 1. The summed E-state index contributed by atoms with van der Waals surface area (Å²) in [5.74, 6) is -0.218. The largest absolute Gasteiger partial charge is 0.389 e. The molecule has 0 saturated carbocycles. The van der Waals surface area contributed by atoms with Gasteiger partial charge in [0.25, 0.3) is 0 Å². The molecule has 5 heteroatoms. The lowest BCUT2D eigenvalue weighted by atomic mass is 10.1. The van der Waals surface area contributed by atoms with Gasteiger partial charge in [-0.05, 0) is 37.6 Å². The van der Waals surface area contributed by atoms with Gasteiger partial charge in [0.1, 0.15) is 5.82 Å². The number of hydrogen-bond acceptors (Lipinski definition) is 3. The molecular formula is C16H21FN2O2. The molecule has 0 bridgehead atoms. The average Bonchev–Trinajstić information content (AvgIpc) is 2.93. The molecule has 1 fully saturated rings. The van der Waals surface area contributed by atoms with Crippen molar-refractivity contribution in [3.63, 3.8) is 0 Å². The summed E-state index contributed by atoms with van der Waals surface area (Å²) in [6.45, 7) is 6.58. The van der Waals surface area contributed by atoms with Gasteiger partial charge in [-0.25, -0.2) is 4.39 Å².